The average molecular weight is 253 g/mol. The van der Waals surface area contributed by atoms with E-state index in [0.29, 0.717) is 12.1 Å². The Morgan fingerprint density at radius 1 is 1.37 bits per heavy atom. The summed E-state index contributed by atoms with van der Waals surface area (Å²) in [5, 5.41) is 12.5. The van der Waals surface area contributed by atoms with E-state index >= 15 is 0 Å². The van der Waals surface area contributed by atoms with E-state index < -0.39 is 0 Å². The van der Waals surface area contributed by atoms with Gasteiger partial charge in [-0.2, -0.15) is 5.26 Å². The highest BCUT2D eigenvalue weighted by molar-refractivity contribution is 5.95. The molecular weight excluding hydrogens is 238 g/mol. The molecule has 1 amide bonds. The number of hydrogen-bond acceptors (Lipinski definition) is 3. The van der Waals surface area contributed by atoms with E-state index in [1.807, 2.05) is 37.3 Å². The zero-order valence-electron chi connectivity index (χ0n) is 10.8. The molecule has 1 unspecified atom stereocenters. The lowest BCUT2D eigenvalue weighted by atomic mass is 10.1. The fourth-order valence-corrected chi connectivity index (χ4v) is 1.86. The molecule has 1 aromatic heterocycles. The summed E-state index contributed by atoms with van der Waals surface area (Å²) in [6.45, 7) is 1.94. The highest BCUT2D eigenvalue weighted by atomic mass is 16.1. The van der Waals surface area contributed by atoms with Crippen molar-refractivity contribution in [3.8, 4) is 6.07 Å². The number of para-hydroxylation sites is 1. The summed E-state index contributed by atoms with van der Waals surface area (Å²) in [6, 6.07) is 13.2. The summed E-state index contributed by atoms with van der Waals surface area (Å²) in [7, 11) is 0. The van der Waals surface area contributed by atoms with Crippen LogP contribution in [0.2, 0.25) is 0 Å². The molecule has 4 heteroatoms. The monoisotopic (exact) mass is 253 g/mol. The minimum Gasteiger partial charge on any atom is -0.347 e. The molecule has 0 spiro atoms. The molecule has 1 aromatic carbocycles. The fraction of sp³-hybridized carbons (Fsp3) is 0.267. The van der Waals surface area contributed by atoms with Crippen LogP contribution >= 0.6 is 0 Å². The molecule has 0 aliphatic carbocycles. The van der Waals surface area contributed by atoms with Gasteiger partial charge in [0, 0.05) is 11.4 Å². The number of fused-ring (bicyclic) bond motifs is 1. The quantitative estimate of drug-likeness (QED) is 0.910. The summed E-state index contributed by atoms with van der Waals surface area (Å²) >= 11 is 0. The second-order valence-electron chi connectivity index (χ2n) is 4.33. The number of nitriles is 1. The van der Waals surface area contributed by atoms with Crippen LogP contribution in [-0.2, 0) is 0 Å². The van der Waals surface area contributed by atoms with Gasteiger partial charge in [-0.3, -0.25) is 4.79 Å². The Hall–Kier alpha value is -2.41. The van der Waals surface area contributed by atoms with Gasteiger partial charge in [-0.25, -0.2) is 4.98 Å². The van der Waals surface area contributed by atoms with Gasteiger partial charge in [0.2, 0.25) is 0 Å². The summed E-state index contributed by atoms with van der Waals surface area (Å²) in [5.41, 5.74) is 1.18. The molecule has 1 N–H and O–H groups in total. The molecule has 2 aromatic rings. The number of carbonyl (C=O) groups excluding carboxylic acids is 1. The van der Waals surface area contributed by atoms with Crippen molar-refractivity contribution in [3.63, 3.8) is 0 Å². The van der Waals surface area contributed by atoms with Gasteiger partial charge in [0.15, 0.2) is 0 Å². The van der Waals surface area contributed by atoms with Gasteiger partial charge in [-0.15, -0.1) is 0 Å². The minimum atomic E-state index is -0.229. The van der Waals surface area contributed by atoms with Gasteiger partial charge in [0.05, 0.1) is 18.0 Å². The molecular formula is C15H15N3O. The van der Waals surface area contributed by atoms with Crippen LogP contribution < -0.4 is 5.32 Å². The SMILES string of the molecule is CCC(CC#N)NC(=O)c1ccc2ccccc2n1. The molecule has 0 aliphatic rings. The number of carbonyl (C=O) groups is 1. The Morgan fingerprint density at radius 3 is 2.89 bits per heavy atom. The van der Waals surface area contributed by atoms with Gasteiger partial charge in [-0.1, -0.05) is 31.2 Å². The zero-order valence-corrected chi connectivity index (χ0v) is 10.8. The first-order chi connectivity index (χ1) is 9.24. The highest BCUT2D eigenvalue weighted by Crippen LogP contribution is 2.12. The van der Waals surface area contributed by atoms with Crippen molar-refractivity contribution in [1.29, 1.82) is 5.26 Å². The Balaban J connectivity index is 2.19. The third-order valence-electron chi connectivity index (χ3n) is 3.00. The van der Waals surface area contributed by atoms with Crippen LogP contribution in [0.4, 0.5) is 0 Å². The lowest BCUT2D eigenvalue weighted by Gasteiger charge is -2.13. The fourth-order valence-electron chi connectivity index (χ4n) is 1.86. The number of benzene rings is 1. The molecule has 19 heavy (non-hydrogen) atoms. The van der Waals surface area contributed by atoms with Crippen molar-refractivity contribution in [1.82, 2.24) is 10.3 Å². The molecule has 0 bridgehead atoms. The van der Waals surface area contributed by atoms with E-state index in [-0.39, 0.29) is 11.9 Å². The van der Waals surface area contributed by atoms with Crippen molar-refractivity contribution in [2.24, 2.45) is 0 Å². The summed E-state index contributed by atoms with van der Waals surface area (Å²) < 4.78 is 0. The summed E-state index contributed by atoms with van der Waals surface area (Å²) in [4.78, 5) is 16.4. The minimum absolute atomic E-state index is 0.120. The standard InChI is InChI=1S/C15H15N3O/c1-2-12(9-10-16)17-15(19)14-8-7-11-5-3-4-6-13(11)18-14/h3-8,12H,2,9H2,1H3,(H,17,19). The van der Waals surface area contributed by atoms with E-state index in [4.69, 9.17) is 5.26 Å². The average Bonchev–Trinajstić information content (AvgIpc) is 2.46. The molecule has 96 valence electrons. The van der Waals surface area contributed by atoms with Crippen LogP contribution in [0.5, 0.6) is 0 Å². The predicted molar refractivity (Wildman–Crippen MR) is 73.5 cm³/mol. The molecule has 4 nitrogen and oxygen atoms in total. The number of rotatable bonds is 4. The Labute approximate surface area is 112 Å². The van der Waals surface area contributed by atoms with Gasteiger partial charge in [0.1, 0.15) is 5.69 Å². The van der Waals surface area contributed by atoms with Crippen LogP contribution in [0.1, 0.15) is 30.3 Å². The van der Waals surface area contributed by atoms with E-state index in [1.165, 1.54) is 0 Å². The molecule has 0 radical (unpaired) electrons. The first-order valence-corrected chi connectivity index (χ1v) is 6.28. The molecule has 0 saturated heterocycles. The van der Waals surface area contributed by atoms with Gasteiger partial charge >= 0.3 is 0 Å². The summed E-state index contributed by atoms with van der Waals surface area (Å²) in [6.07, 6.45) is 1.04. The zero-order chi connectivity index (χ0) is 13.7. The second kappa shape index (κ2) is 5.96. The summed E-state index contributed by atoms with van der Waals surface area (Å²) in [5.74, 6) is -0.229. The Kier molecular flexibility index (Phi) is 4.09. The normalized spacial score (nSPS) is 11.8. The largest absolute Gasteiger partial charge is 0.347 e. The lowest BCUT2D eigenvalue weighted by molar-refractivity contribution is 0.0932. The maximum Gasteiger partial charge on any atom is 0.270 e. The Morgan fingerprint density at radius 2 is 2.16 bits per heavy atom. The first-order valence-electron chi connectivity index (χ1n) is 6.28. The highest BCUT2D eigenvalue weighted by Gasteiger charge is 2.13. The number of nitrogens with zero attached hydrogens (tertiary/aromatic N) is 2. The van der Waals surface area contributed by atoms with Gasteiger partial charge < -0.3 is 5.32 Å². The predicted octanol–water partition coefficient (Wildman–Crippen LogP) is 2.66. The van der Waals surface area contributed by atoms with Crippen molar-refractivity contribution >= 4 is 16.8 Å². The smallest absolute Gasteiger partial charge is 0.270 e. The van der Waals surface area contributed by atoms with Crippen molar-refractivity contribution in [2.45, 2.75) is 25.8 Å². The first kappa shape index (κ1) is 13.0. The maximum absolute atomic E-state index is 12.0. The van der Waals surface area contributed by atoms with E-state index in [9.17, 15) is 4.79 Å². The van der Waals surface area contributed by atoms with Crippen molar-refractivity contribution in [3.05, 3.63) is 42.1 Å². The molecule has 2 rings (SSSR count). The molecule has 0 fully saturated rings. The van der Waals surface area contributed by atoms with Crippen LogP contribution in [0.3, 0.4) is 0 Å². The third-order valence-corrected chi connectivity index (χ3v) is 3.00. The van der Waals surface area contributed by atoms with Gasteiger partial charge in [0.25, 0.3) is 5.91 Å². The van der Waals surface area contributed by atoms with Crippen molar-refractivity contribution in [2.75, 3.05) is 0 Å². The number of aromatic nitrogens is 1. The van der Waals surface area contributed by atoms with Crippen molar-refractivity contribution < 1.29 is 4.79 Å². The number of hydrogen-bond donors (Lipinski definition) is 1. The molecule has 1 heterocycles. The van der Waals surface area contributed by atoms with E-state index in [1.54, 1.807) is 6.07 Å². The molecule has 1 atom stereocenters. The number of pyridine rings is 1. The topological polar surface area (TPSA) is 65.8 Å². The number of amides is 1. The van der Waals surface area contributed by atoms with Crippen LogP contribution in [0.15, 0.2) is 36.4 Å². The van der Waals surface area contributed by atoms with E-state index in [2.05, 4.69) is 16.4 Å². The maximum atomic E-state index is 12.0. The van der Waals surface area contributed by atoms with Gasteiger partial charge in [-0.05, 0) is 18.6 Å². The van der Waals surface area contributed by atoms with Crippen LogP contribution in [0, 0.1) is 11.3 Å². The lowest BCUT2D eigenvalue weighted by Crippen LogP contribution is -2.34. The van der Waals surface area contributed by atoms with E-state index in [0.717, 1.165) is 17.3 Å². The Bertz CT molecular complexity index is 631. The third kappa shape index (κ3) is 3.08. The molecule has 0 aliphatic heterocycles. The van der Waals surface area contributed by atoms with Crippen LogP contribution in [0.25, 0.3) is 10.9 Å². The molecule has 0 saturated carbocycles. The van der Waals surface area contributed by atoms with Crippen LogP contribution in [-0.4, -0.2) is 16.9 Å². The number of nitrogens with one attached hydrogen (secondary N) is 1. The second-order valence-corrected chi connectivity index (χ2v) is 4.33.